The van der Waals surface area contributed by atoms with Gasteiger partial charge in [0.2, 0.25) is 0 Å². The van der Waals surface area contributed by atoms with Crippen LogP contribution in [0.15, 0.2) is 45.7 Å². The summed E-state index contributed by atoms with van der Waals surface area (Å²) in [5.41, 5.74) is 0.317. The topological polar surface area (TPSA) is 70.8 Å². The number of aliphatic carboxylic acids is 1. The molecule has 146 valence electrons. The van der Waals surface area contributed by atoms with E-state index in [1.807, 2.05) is 6.26 Å². The molecule has 1 amide bonds. The number of carboxylic acid groups (broad SMARTS) is 1. The fraction of sp³-hybridized carbons (Fsp3) is 0.211. The molecule has 1 aromatic heterocycles. The molecule has 0 spiro atoms. The zero-order chi connectivity index (χ0) is 20.3. The van der Waals surface area contributed by atoms with Gasteiger partial charge in [-0.3, -0.25) is 9.69 Å². The van der Waals surface area contributed by atoms with Crippen molar-refractivity contribution in [2.45, 2.75) is 12.5 Å². The van der Waals surface area contributed by atoms with Gasteiger partial charge in [0, 0.05) is 6.08 Å². The van der Waals surface area contributed by atoms with Gasteiger partial charge in [-0.2, -0.15) is 11.8 Å². The van der Waals surface area contributed by atoms with Crippen LogP contribution in [0.5, 0.6) is 0 Å². The van der Waals surface area contributed by atoms with Gasteiger partial charge in [0.25, 0.3) is 5.91 Å². The van der Waals surface area contributed by atoms with Gasteiger partial charge in [0.15, 0.2) is 0 Å². The second kappa shape index (κ2) is 8.93. The van der Waals surface area contributed by atoms with Crippen molar-refractivity contribution < 1.29 is 23.5 Å². The molecule has 0 bridgehead atoms. The molecule has 2 heterocycles. The average molecular weight is 438 g/mol. The van der Waals surface area contributed by atoms with Crippen molar-refractivity contribution >= 4 is 58.0 Å². The Morgan fingerprint density at radius 1 is 1.39 bits per heavy atom. The van der Waals surface area contributed by atoms with Crippen molar-refractivity contribution in [3.05, 3.63) is 52.9 Å². The summed E-state index contributed by atoms with van der Waals surface area (Å²) in [5.74, 6) is -0.679. The van der Waals surface area contributed by atoms with E-state index >= 15 is 0 Å². The lowest BCUT2D eigenvalue weighted by atomic mass is 10.1. The Kier molecular flexibility index (Phi) is 6.58. The largest absolute Gasteiger partial charge is 0.480 e. The van der Waals surface area contributed by atoms with E-state index in [0.717, 1.165) is 16.7 Å². The van der Waals surface area contributed by atoms with Gasteiger partial charge in [-0.15, -0.1) is 0 Å². The van der Waals surface area contributed by atoms with Crippen molar-refractivity contribution in [1.29, 1.82) is 0 Å². The van der Waals surface area contributed by atoms with E-state index in [4.69, 9.17) is 16.6 Å². The van der Waals surface area contributed by atoms with Crippen LogP contribution in [0.4, 0.5) is 4.39 Å². The molecule has 3 rings (SSSR count). The summed E-state index contributed by atoms with van der Waals surface area (Å²) in [6.07, 6.45) is 3.67. The van der Waals surface area contributed by atoms with E-state index in [2.05, 4.69) is 0 Å². The van der Waals surface area contributed by atoms with Gasteiger partial charge in [0.1, 0.15) is 27.7 Å². The van der Waals surface area contributed by atoms with Crippen LogP contribution in [-0.4, -0.2) is 44.3 Å². The summed E-state index contributed by atoms with van der Waals surface area (Å²) in [6, 6.07) is 8.46. The normalized spacial score (nSPS) is 16.8. The van der Waals surface area contributed by atoms with Crippen LogP contribution in [-0.2, 0) is 9.59 Å². The molecule has 2 aromatic rings. The van der Waals surface area contributed by atoms with Crippen LogP contribution in [0.1, 0.15) is 12.2 Å². The molecule has 1 saturated heterocycles. The third kappa shape index (κ3) is 4.31. The van der Waals surface area contributed by atoms with E-state index in [-0.39, 0.29) is 9.23 Å². The third-order valence-corrected chi connectivity index (χ3v) is 6.03. The summed E-state index contributed by atoms with van der Waals surface area (Å²) in [5, 5.41) is 9.48. The molecular formula is C19H16FNO4S3. The summed E-state index contributed by atoms with van der Waals surface area (Å²) in [6.45, 7) is 0. The number of benzene rings is 1. The van der Waals surface area contributed by atoms with Crippen molar-refractivity contribution in [2.75, 3.05) is 12.0 Å². The minimum Gasteiger partial charge on any atom is -0.480 e. The van der Waals surface area contributed by atoms with Crippen molar-refractivity contribution in [2.24, 2.45) is 0 Å². The second-order valence-corrected chi connectivity index (χ2v) is 8.53. The Morgan fingerprint density at radius 3 is 2.82 bits per heavy atom. The Bertz CT molecular complexity index is 956. The maximum absolute atomic E-state index is 13.9. The molecule has 9 heteroatoms. The molecule has 0 radical (unpaired) electrons. The number of carbonyl (C=O) groups is 2. The van der Waals surface area contributed by atoms with Gasteiger partial charge in [-0.1, -0.05) is 36.1 Å². The highest BCUT2D eigenvalue weighted by atomic mass is 32.2. The molecule has 1 atom stereocenters. The monoisotopic (exact) mass is 437 g/mol. The SMILES string of the molecule is CSCC[C@@H](C(=O)O)N1C(=O)/C(=C\c2ccc(-c3ccccc3F)o2)SC1=S. The number of carboxylic acids is 1. The first-order valence-corrected chi connectivity index (χ1v) is 10.9. The zero-order valence-electron chi connectivity index (χ0n) is 14.8. The van der Waals surface area contributed by atoms with Crippen molar-refractivity contribution in [3.8, 4) is 11.3 Å². The molecule has 0 unspecified atom stereocenters. The zero-order valence-corrected chi connectivity index (χ0v) is 17.2. The van der Waals surface area contributed by atoms with Gasteiger partial charge in [0.05, 0.1) is 10.5 Å². The average Bonchev–Trinajstić information content (AvgIpc) is 3.22. The van der Waals surface area contributed by atoms with E-state index < -0.39 is 23.7 Å². The molecule has 1 aromatic carbocycles. The summed E-state index contributed by atoms with van der Waals surface area (Å²) < 4.78 is 19.7. The molecule has 1 aliphatic heterocycles. The number of hydrogen-bond acceptors (Lipinski definition) is 6. The van der Waals surface area contributed by atoms with Gasteiger partial charge in [-0.25, -0.2) is 9.18 Å². The third-order valence-electron chi connectivity index (χ3n) is 4.06. The Balaban J connectivity index is 1.84. The van der Waals surface area contributed by atoms with Crippen molar-refractivity contribution in [3.63, 3.8) is 0 Å². The number of nitrogens with zero attached hydrogens (tertiary/aromatic N) is 1. The number of rotatable bonds is 7. The van der Waals surface area contributed by atoms with Gasteiger partial charge in [-0.05, 0) is 42.7 Å². The van der Waals surface area contributed by atoms with E-state index in [1.54, 1.807) is 30.3 Å². The van der Waals surface area contributed by atoms with Crippen LogP contribution in [0.3, 0.4) is 0 Å². The smallest absolute Gasteiger partial charge is 0.326 e. The first kappa shape index (κ1) is 20.6. The number of halogens is 1. The maximum atomic E-state index is 13.9. The fourth-order valence-electron chi connectivity index (χ4n) is 2.71. The molecule has 28 heavy (non-hydrogen) atoms. The van der Waals surface area contributed by atoms with Crippen LogP contribution in [0.2, 0.25) is 0 Å². The molecule has 5 nitrogen and oxygen atoms in total. The Hall–Kier alpha value is -2.10. The predicted octanol–water partition coefficient (Wildman–Crippen LogP) is 4.49. The standard InChI is InChI=1S/C19H16FNO4S3/c1-27-9-8-14(18(23)24)21-17(22)16(28-19(21)26)10-11-6-7-15(25-11)12-4-2-3-5-13(12)20/h2-7,10,14H,8-9H2,1H3,(H,23,24)/b16-10+/t14-/m0/s1. The van der Waals surface area contributed by atoms with E-state index in [9.17, 15) is 19.1 Å². The van der Waals surface area contributed by atoms with Gasteiger partial charge >= 0.3 is 5.97 Å². The number of thiocarbonyl (C=S) groups is 1. The minimum atomic E-state index is -1.09. The number of thioether (sulfide) groups is 2. The number of furan rings is 1. The van der Waals surface area contributed by atoms with E-state index in [0.29, 0.717) is 29.3 Å². The fourth-order valence-corrected chi connectivity index (χ4v) is 4.50. The Labute approximate surface area is 175 Å². The van der Waals surface area contributed by atoms with Gasteiger partial charge < -0.3 is 9.52 Å². The highest BCUT2D eigenvalue weighted by Crippen LogP contribution is 2.35. The molecule has 1 aliphatic rings. The lowest BCUT2D eigenvalue weighted by Gasteiger charge is -2.22. The maximum Gasteiger partial charge on any atom is 0.326 e. The highest BCUT2D eigenvalue weighted by Gasteiger charge is 2.40. The number of hydrogen-bond donors (Lipinski definition) is 1. The highest BCUT2D eigenvalue weighted by molar-refractivity contribution is 8.26. The van der Waals surface area contributed by atoms with Crippen molar-refractivity contribution in [1.82, 2.24) is 4.90 Å². The molecule has 1 fully saturated rings. The Morgan fingerprint density at radius 2 is 2.14 bits per heavy atom. The second-order valence-electron chi connectivity index (χ2n) is 5.87. The summed E-state index contributed by atoms with van der Waals surface area (Å²) in [7, 11) is 0. The predicted molar refractivity (Wildman–Crippen MR) is 114 cm³/mol. The lowest BCUT2D eigenvalue weighted by Crippen LogP contribution is -2.44. The number of amides is 1. The minimum absolute atomic E-state index is 0.200. The van der Waals surface area contributed by atoms with Crippen LogP contribution in [0.25, 0.3) is 17.4 Å². The first-order chi connectivity index (χ1) is 13.4. The number of carbonyl (C=O) groups excluding carboxylic acids is 1. The van der Waals surface area contributed by atoms with E-state index in [1.165, 1.54) is 23.9 Å². The summed E-state index contributed by atoms with van der Waals surface area (Å²) in [4.78, 5) is 25.7. The molecule has 1 N–H and O–H groups in total. The quantitative estimate of drug-likeness (QED) is 0.505. The molecule has 0 saturated carbocycles. The molecule has 0 aliphatic carbocycles. The first-order valence-electron chi connectivity index (χ1n) is 8.26. The van der Waals surface area contributed by atoms with Crippen LogP contribution < -0.4 is 0 Å². The van der Waals surface area contributed by atoms with Crippen LogP contribution in [0, 0.1) is 5.82 Å². The lowest BCUT2D eigenvalue weighted by molar-refractivity contribution is -0.145. The van der Waals surface area contributed by atoms with Crippen LogP contribution >= 0.6 is 35.7 Å². The summed E-state index contributed by atoms with van der Waals surface area (Å²) >= 11 is 7.76. The molecular weight excluding hydrogens is 421 g/mol.